The van der Waals surface area contributed by atoms with Gasteiger partial charge in [-0.15, -0.1) is 0 Å². The van der Waals surface area contributed by atoms with Crippen molar-refractivity contribution in [1.29, 1.82) is 0 Å². The normalized spacial score (nSPS) is 11.8. The maximum Gasteiger partial charge on any atom is 0.246 e. The van der Waals surface area contributed by atoms with E-state index in [9.17, 15) is 4.79 Å². The van der Waals surface area contributed by atoms with Crippen LogP contribution in [0.5, 0.6) is 0 Å². The van der Waals surface area contributed by atoms with Gasteiger partial charge in [0.15, 0.2) is 0 Å². The van der Waals surface area contributed by atoms with Crippen molar-refractivity contribution in [3.63, 3.8) is 0 Å². The molecule has 0 saturated carbocycles. The van der Waals surface area contributed by atoms with Gasteiger partial charge in [0.25, 0.3) is 0 Å². The quantitative estimate of drug-likeness (QED) is 0.880. The van der Waals surface area contributed by atoms with Crippen LogP contribution in [0, 0.1) is 0 Å². The van der Waals surface area contributed by atoms with E-state index in [0.29, 0.717) is 6.54 Å². The maximum atomic E-state index is 11.8. The molecule has 19 heavy (non-hydrogen) atoms. The largest absolute Gasteiger partial charge is 0.347 e. The second kappa shape index (κ2) is 6.02. The second-order valence-electron chi connectivity index (χ2n) is 4.32. The van der Waals surface area contributed by atoms with Crippen LogP contribution in [-0.2, 0) is 11.3 Å². The summed E-state index contributed by atoms with van der Waals surface area (Å²) in [5.41, 5.74) is 2.46. The molecule has 2 aromatic rings. The number of amides is 1. The number of aromatic nitrogens is 2. The fourth-order valence-electron chi connectivity index (χ4n) is 1.81. The molecule has 0 aliphatic rings. The lowest BCUT2D eigenvalue weighted by molar-refractivity contribution is -0.117. The number of hydrogen-bond acceptors (Lipinski definition) is 2. The smallest absolute Gasteiger partial charge is 0.246 e. The van der Waals surface area contributed by atoms with Crippen molar-refractivity contribution in [2.45, 2.75) is 26.8 Å². The molecule has 1 amide bonds. The second-order valence-corrected chi connectivity index (χ2v) is 5.24. The number of nitrogens with zero attached hydrogens (tertiary/aromatic N) is 2. The molecule has 1 N–H and O–H groups in total. The van der Waals surface area contributed by atoms with Gasteiger partial charge in [0, 0.05) is 22.4 Å². The van der Waals surface area contributed by atoms with Gasteiger partial charge in [0.2, 0.25) is 5.91 Å². The van der Waals surface area contributed by atoms with Gasteiger partial charge in [-0.3, -0.25) is 4.79 Å². The maximum absolute atomic E-state index is 11.8. The van der Waals surface area contributed by atoms with E-state index in [1.807, 2.05) is 48.9 Å². The summed E-state index contributed by atoms with van der Waals surface area (Å²) >= 11 is 3.41. The molecule has 0 fully saturated rings. The van der Waals surface area contributed by atoms with Crippen molar-refractivity contribution in [1.82, 2.24) is 14.7 Å². The molecule has 0 spiro atoms. The minimum atomic E-state index is -0.0416. The summed E-state index contributed by atoms with van der Waals surface area (Å²) in [6.45, 7) is 4.27. The van der Waals surface area contributed by atoms with E-state index in [2.05, 4.69) is 26.2 Å². The van der Waals surface area contributed by atoms with Gasteiger partial charge in [0.05, 0.1) is 12.2 Å². The zero-order valence-corrected chi connectivity index (χ0v) is 12.6. The fourth-order valence-corrected chi connectivity index (χ4v) is 2.16. The number of rotatable bonds is 4. The highest BCUT2D eigenvalue weighted by atomic mass is 79.9. The third-order valence-corrected chi connectivity index (χ3v) is 3.23. The first-order valence-electron chi connectivity index (χ1n) is 6.18. The minimum Gasteiger partial charge on any atom is -0.347 e. The van der Waals surface area contributed by atoms with E-state index < -0.39 is 0 Å². The predicted octanol–water partition coefficient (Wildman–Crippen LogP) is 3.07. The molecule has 0 saturated heterocycles. The number of carbonyl (C=O) groups is 1. The molecular formula is C14H16BrN3O. The lowest BCUT2D eigenvalue weighted by atomic mass is 10.2. The number of carbonyl (C=O) groups excluding carboxylic acids is 1. The molecular weight excluding hydrogens is 306 g/mol. The van der Waals surface area contributed by atoms with Gasteiger partial charge in [-0.1, -0.05) is 13.0 Å². The first kappa shape index (κ1) is 13.8. The van der Waals surface area contributed by atoms with Crippen LogP contribution in [0.15, 0.2) is 40.6 Å². The lowest BCUT2D eigenvalue weighted by Crippen LogP contribution is -2.23. The van der Waals surface area contributed by atoms with Gasteiger partial charge in [-0.2, -0.15) is 0 Å². The van der Waals surface area contributed by atoms with E-state index in [1.54, 1.807) is 0 Å². The molecule has 2 heterocycles. The van der Waals surface area contributed by atoms with Crippen LogP contribution in [0.2, 0.25) is 0 Å². The van der Waals surface area contributed by atoms with Crippen molar-refractivity contribution in [3.8, 4) is 0 Å². The Morgan fingerprint density at radius 1 is 1.47 bits per heavy atom. The average Bonchev–Trinajstić information content (AvgIpc) is 2.78. The Labute approximate surface area is 120 Å². The summed E-state index contributed by atoms with van der Waals surface area (Å²) in [5.74, 6) is -0.0416. The molecule has 0 aliphatic carbocycles. The Bertz CT molecular complexity index is 631. The third-order valence-electron chi connectivity index (χ3n) is 2.76. The Morgan fingerprint density at radius 2 is 2.26 bits per heavy atom. The van der Waals surface area contributed by atoms with Crippen molar-refractivity contribution in [2.24, 2.45) is 0 Å². The zero-order valence-electron chi connectivity index (χ0n) is 11.0. The minimum absolute atomic E-state index is 0.0416. The van der Waals surface area contributed by atoms with Crippen LogP contribution in [0.1, 0.15) is 26.0 Å². The van der Waals surface area contributed by atoms with Crippen molar-refractivity contribution >= 4 is 27.5 Å². The van der Waals surface area contributed by atoms with Gasteiger partial charge < -0.3 is 9.72 Å². The number of allylic oxidation sites excluding steroid dienone is 1. The van der Waals surface area contributed by atoms with Crippen molar-refractivity contribution in [2.75, 3.05) is 0 Å². The number of imidazole rings is 1. The molecule has 0 aliphatic heterocycles. The molecule has 0 atom stereocenters. The molecule has 2 aromatic heterocycles. The monoisotopic (exact) mass is 321 g/mol. The molecule has 5 heteroatoms. The third kappa shape index (κ3) is 3.44. The SMILES string of the molecule is CC/C=C(\C)C(=O)NCc1cn2cc(Br)ccc2n1. The zero-order chi connectivity index (χ0) is 13.8. The van der Waals surface area contributed by atoms with E-state index in [1.165, 1.54) is 0 Å². The van der Waals surface area contributed by atoms with Crippen LogP contribution in [-0.4, -0.2) is 15.3 Å². The number of nitrogens with one attached hydrogen (secondary N) is 1. The first-order chi connectivity index (χ1) is 9.10. The summed E-state index contributed by atoms with van der Waals surface area (Å²) < 4.78 is 2.93. The molecule has 0 unspecified atom stereocenters. The average molecular weight is 322 g/mol. The van der Waals surface area contributed by atoms with E-state index in [4.69, 9.17) is 0 Å². The molecule has 4 nitrogen and oxygen atoms in total. The topological polar surface area (TPSA) is 46.4 Å². The Hall–Kier alpha value is -1.62. The highest BCUT2D eigenvalue weighted by Gasteiger charge is 2.06. The number of halogens is 1. The number of hydrogen-bond donors (Lipinski definition) is 1. The van der Waals surface area contributed by atoms with Gasteiger partial charge in [0.1, 0.15) is 5.65 Å². The molecule has 0 aromatic carbocycles. The van der Waals surface area contributed by atoms with Gasteiger partial charge in [-0.05, 0) is 41.4 Å². The summed E-state index contributed by atoms with van der Waals surface area (Å²) in [5, 5.41) is 2.86. The summed E-state index contributed by atoms with van der Waals surface area (Å²) in [4.78, 5) is 16.2. The molecule has 0 bridgehead atoms. The molecule has 0 radical (unpaired) electrons. The summed E-state index contributed by atoms with van der Waals surface area (Å²) in [6.07, 6.45) is 6.63. The van der Waals surface area contributed by atoms with Crippen LogP contribution in [0.3, 0.4) is 0 Å². The highest BCUT2D eigenvalue weighted by molar-refractivity contribution is 9.10. The molecule has 2 rings (SSSR count). The fraction of sp³-hybridized carbons (Fsp3) is 0.286. The van der Waals surface area contributed by atoms with Gasteiger partial charge >= 0.3 is 0 Å². The Balaban J connectivity index is 2.06. The van der Waals surface area contributed by atoms with Crippen molar-refractivity contribution in [3.05, 3.63) is 46.3 Å². The van der Waals surface area contributed by atoms with Crippen LogP contribution in [0.25, 0.3) is 5.65 Å². The van der Waals surface area contributed by atoms with Crippen LogP contribution in [0.4, 0.5) is 0 Å². The summed E-state index contributed by atoms with van der Waals surface area (Å²) in [6, 6.07) is 3.87. The first-order valence-corrected chi connectivity index (χ1v) is 6.97. The van der Waals surface area contributed by atoms with E-state index >= 15 is 0 Å². The van der Waals surface area contributed by atoms with Crippen LogP contribution < -0.4 is 5.32 Å². The van der Waals surface area contributed by atoms with E-state index in [-0.39, 0.29) is 5.91 Å². The Morgan fingerprint density at radius 3 is 3.00 bits per heavy atom. The molecule has 100 valence electrons. The standard InChI is InChI=1S/C14H16BrN3O/c1-3-4-10(2)14(19)16-7-12-9-18-8-11(15)5-6-13(18)17-12/h4-6,8-9H,3,7H2,1-2H3,(H,16,19)/b10-4+. The van der Waals surface area contributed by atoms with E-state index in [0.717, 1.165) is 27.8 Å². The Kier molecular flexibility index (Phi) is 4.37. The highest BCUT2D eigenvalue weighted by Crippen LogP contribution is 2.12. The summed E-state index contributed by atoms with van der Waals surface area (Å²) in [7, 11) is 0. The number of pyridine rings is 1. The van der Waals surface area contributed by atoms with Crippen molar-refractivity contribution < 1.29 is 4.79 Å². The predicted molar refractivity (Wildman–Crippen MR) is 78.8 cm³/mol. The van der Waals surface area contributed by atoms with Gasteiger partial charge in [-0.25, -0.2) is 4.98 Å². The van der Waals surface area contributed by atoms with Crippen LogP contribution >= 0.6 is 15.9 Å². The lowest BCUT2D eigenvalue weighted by Gasteiger charge is -2.02. The number of fused-ring (bicyclic) bond motifs is 1.